The van der Waals surface area contributed by atoms with Crippen LogP contribution in [-0.2, 0) is 22.5 Å². The summed E-state index contributed by atoms with van der Waals surface area (Å²) in [6, 6.07) is 4.11. The van der Waals surface area contributed by atoms with Crippen molar-refractivity contribution in [1.29, 1.82) is 0 Å². The molecule has 37 heavy (non-hydrogen) atoms. The molecule has 0 saturated carbocycles. The van der Waals surface area contributed by atoms with Gasteiger partial charge in [-0.05, 0) is 37.9 Å². The van der Waals surface area contributed by atoms with Gasteiger partial charge < -0.3 is 24.4 Å². The lowest BCUT2D eigenvalue weighted by Crippen LogP contribution is -2.44. The highest BCUT2D eigenvalue weighted by Gasteiger charge is 2.49. The Hall–Kier alpha value is -3.05. The van der Waals surface area contributed by atoms with Gasteiger partial charge in [0.2, 0.25) is 5.91 Å². The van der Waals surface area contributed by atoms with Gasteiger partial charge in [-0.25, -0.2) is 8.78 Å². The number of phenols is 1. The first-order valence-corrected chi connectivity index (χ1v) is 13.0. The number of para-hydroxylation sites is 1. The van der Waals surface area contributed by atoms with Gasteiger partial charge in [-0.2, -0.15) is 9.97 Å². The van der Waals surface area contributed by atoms with Crippen molar-refractivity contribution in [2.24, 2.45) is 0 Å². The van der Waals surface area contributed by atoms with Gasteiger partial charge in [0.1, 0.15) is 30.0 Å². The van der Waals surface area contributed by atoms with Gasteiger partial charge in [-0.3, -0.25) is 9.69 Å². The second-order valence-electron chi connectivity index (χ2n) is 10.3. The van der Waals surface area contributed by atoms with Crippen LogP contribution < -0.4 is 14.5 Å². The molecule has 0 bridgehead atoms. The smallest absolute Gasteiger partial charge is 0.318 e. The molecule has 0 aliphatic carbocycles. The second-order valence-corrected chi connectivity index (χ2v) is 10.3. The fraction of sp³-hybridized carbons (Fsp3) is 0.577. The Morgan fingerprint density at radius 2 is 2.08 bits per heavy atom. The number of alkyl halides is 1. The van der Waals surface area contributed by atoms with E-state index in [9.17, 15) is 18.7 Å². The molecule has 9 nitrogen and oxygen atoms in total. The lowest BCUT2D eigenvalue weighted by molar-refractivity contribution is -0.118. The van der Waals surface area contributed by atoms with Crippen molar-refractivity contribution in [2.45, 2.75) is 50.4 Å². The number of hydrogen-bond acceptors (Lipinski definition) is 8. The number of nitrogens with zero attached hydrogens (tertiary/aromatic N) is 5. The average molecular weight is 516 g/mol. The highest BCUT2D eigenvalue weighted by atomic mass is 19.1. The molecule has 2 aromatic rings. The quantitative estimate of drug-likeness (QED) is 0.650. The van der Waals surface area contributed by atoms with E-state index in [-0.39, 0.29) is 48.5 Å². The van der Waals surface area contributed by atoms with Gasteiger partial charge in [-0.1, -0.05) is 6.07 Å². The zero-order valence-corrected chi connectivity index (χ0v) is 20.7. The number of anilines is 2. The molecule has 4 aliphatic rings. The number of rotatable bonds is 5. The molecule has 6 rings (SSSR count). The highest BCUT2D eigenvalue weighted by Crippen LogP contribution is 2.41. The first kappa shape index (κ1) is 24.3. The van der Waals surface area contributed by atoms with Crippen LogP contribution in [0.4, 0.5) is 20.3 Å². The third-order valence-electron chi connectivity index (χ3n) is 7.98. The topological polar surface area (TPSA) is 91.3 Å². The van der Waals surface area contributed by atoms with Gasteiger partial charge >= 0.3 is 6.01 Å². The van der Waals surface area contributed by atoms with Crippen molar-refractivity contribution in [3.8, 4) is 11.8 Å². The molecule has 0 spiro atoms. The minimum atomic E-state index is -0.867. The van der Waals surface area contributed by atoms with Crippen LogP contribution in [0, 0.1) is 5.82 Å². The van der Waals surface area contributed by atoms with E-state index >= 15 is 0 Å². The maximum Gasteiger partial charge on any atom is 0.318 e. The number of aromatic nitrogens is 2. The lowest BCUT2D eigenvalue weighted by atomic mass is 9.95. The number of halogens is 2. The van der Waals surface area contributed by atoms with E-state index in [1.54, 1.807) is 0 Å². The number of fused-ring (bicyclic) bond motifs is 2. The summed E-state index contributed by atoms with van der Waals surface area (Å²) in [6.45, 7) is 4.04. The summed E-state index contributed by atoms with van der Waals surface area (Å²) >= 11 is 0. The summed E-state index contributed by atoms with van der Waals surface area (Å²) in [6.07, 6.45) is 2.22. The molecule has 198 valence electrons. The van der Waals surface area contributed by atoms with Crippen LogP contribution in [0.2, 0.25) is 0 Å². The van der Waals surface area contributed by atoms with E-state index in [4.69, 9.17) is 14.5 Å². The van der Waals surface area contributed by atoms with Gasteiger partial charge in [0.25, 0.3) is 0 Å². The third kappa shape index (κ3) is 4.48. The Kier molecular flexibility index (Phi) is 6.36. The molecule has 2 atom stereocenters. The largest absolute Gasteiger partial charge is 0.506 e. The Bertz CT molecular complexity index is 1170. The van der Waals surface area contributed by atoms with Gasteiger partial charge in [-0.15, -0.1) is 0 Å². The standard InChI is InChI=1S/C26H31F2N5O4/c27-17-13-26(6-2-8-32(26)14-17)16-37-25-29-20-15-33(23-19(28)4-1-5-21(23)34)22(35)12-18(20)24(30-25)31-7-3-10-36-11-9-31/h1,4-5,17,34H,2-3,6-16H2/t17-,26+/m1/s1. The number of aromatic hydroxyl groups is 1. The molecule has 3 saturated heterocycles. The molecule has 1 aromatic heterocycles. The molecule has 1 N–H and O–H groups in total. The van der Waals surface area contributed by atoms with Crippen molar-refractivity contribution < 1.29 is 28.2 Å². The number of carbonyl (C=O) groups excluding carboxylic acids is 1. The molecule has 1 aromatic carbocycles. The zero-order chi connectivity index (χ0) is 25.6. The highest BCUT2D eigenvalue weighted by molar-refractivity contribution is 5.98. The van der Waals surface area contributed by atoms with Crippen LogP contribution in [-0.4, -0.2) is 83.6 Å². The minimum absolute atomic E-state index is 0.0251. The number of carbonyl (C=O) groups is 1. The second kappa shape index (κ2) is 9.68. The van der Waals surface area contributed by atoms with Crippen molar-refractivity contribution >= 4 is 17.4 Å². The van der Waals surface area contributed by atoms with Crippen LogP contribution in [0.1, 0.15) is 36.9 Å². The van der Waals surface area contributed by atoms with E-state index in [0.29, 0.717) is 56.3 Å². The van der Waals surface area contributed by atoms with Crippen molar-refractivity contribution in [2.75, 3.05) is 55.8 Å². The van der Waals surface area contributed by atoms with Gasteiger partial charge in [0.15, 0.2) is 5.82 Å². The third-order valence-corrected chi connectivity index (χ3v) is 7.98. The fourth-order valence-corrected chi connectivity index (χ4v) is 6.20. The molecule has 4 aliphatic heterocycles. The first-order valence-electron chi connectivity index (χ1n) is 13.0. The normalized spacial score (nSPS) is 26.2. The molecular weight excluding hydrogens is 484 g/mol. The summed E-state index contributed by atoms with van der Waals surface area (Å²) in [4.78, 5) is 28.0. The van der Waals surface area contributed by atoms with Crippen molar-refractivity contribution in [1.82, 2.24) is 14.9 Å². The Morgan fingerprint density at radius 3 is 2.95 bits per heavy atom. The van der Waals surface area contributed by atoms with E-state index in [1.807, 2.05) is 0 Å². The van der Waals surface area contributed by atoms with Crippen LogP contribution in [0.15, 0.2) is 18.2 Å². The van der Waals surface area contributed by atoms with Gasteiger partial charge in [0, 0.05) is 38.2 Å². The van der Waals surface area contributed by atoms with Crippen molar-refractivity contribution in [3.05, 3.63) is 35.3 Å². The number of hydrogen-bond donors (Lipinski definition) is 1. The van der Waals surface area contributed by atoms with E-state index < -0.39 is 12.0 Å². The number of amides is 1. The summed E-state index contributed by atoms with van der Waals surface area (Å²) in [7, 11) is 0. The Morgan fingerprint density at radius 1 is 1.19 bits per heavy atom. The zero-order valence-electron chi connectivity index (χ0n) is 20.7. The average Bonchev–Trinajstić information content (AvgIpc) is 3.24. The Balaban J connectivity index is 1.35. The van der Waals surface area contributed by atoms with E-state index in [1.165, 1.54) is 23.1 Å². The van der Waals surface area contributed by atoms with Crippen LogP contribution in [0.5, 0.6) is 11.8 Å². The molecule has 11 heteroatoms. The lowest BCUT2D eigenvalue weighted by Gasteiger charge is -2.33. The van der Waals surface area contributed by atoms with Crippen LogP contribution in [0.3, 0.4) is 0 Å². The maximum absolute atomic E-state index is 14.7. The van der Waals surface area contributed by atoms with Crippen LogP contribution >= 0.6 is 0 Å². The molecule has 0 radical (unpaired) electrons. The summed E-state index contributed by atoms with van der Waals surface area (Å²) < 4.78 is 40.7. The molecule has 5 heterocycles. The van der Waals surface area contributed by atoms with E-state index in [2.05, 4.69) is 14.8 Å². The monoisotopic (exact) mass is 515 g/mol. The molecule has 3 fully saturated rings. The molecular formula is C26H31F2N5O4. The predicted molar refractivity (Wildman–Crippen MR) is 131 cm³/mol. The molecule has 1 amide bonds. The number of benzene rings is 1. The summed E-state index contributed by atoms with van der Waals surface area (Å²) in [5.74, 6) is -0.728. The first-order chi connectivity index (χ1) is 17.9. The van der Waals surface area contributed by atoms with Crippen molar-refractivity contribution in [3.63, 3.8) is 0 Å². The summed E-state index contributed by atoms with van der Waals surface area (Å²) in [5, 5.41) is 10.3. The minimum Gasteiger partial charge on any atom is -0.506 e. The fourth-order valence-electron chi connectivity index (χ4n) is 6.20. The van der Waals surface area contributed by atoms with Crippen LogP contribution in [0.25, 0.3) is 0 Å². The van der Waals surface area contributed by atoms with Gasteiger partial charge in [0.05, 0.1) is 30.8 Å². The Labute approximate surface area is 214 Å². The summed E-state index contributed by atoms with van der Waals surface area (Å²) in [5.41, 5.74) is 0.708. The molecule has 0 unspecified atom stereocenters. The van der Waals surface area contributed by atoms with E-state index in [0.717, 1.165) is 25.8 Å². The predicted octanol–water partition coefficient (Wildman–Crippen LogP) is 2.59. The number of ether oxygens (including phenoxy) is 2. The maximum atomic E-state index is 14.7. The number of phenolic OH excluding ortho intramolecular Hbond substituents is 1. The SMILES string of the molecule is O=C1Cc2c(nc(OC[C@@]34CCCN3C[C@H](F)C4)nc2N2CCCOCC2)CN1c1c(O)cccc1F.